The van der Waals surface area contributed by atoms with E-state index in [1.54, 1.807) is 6.20 Å². The average Bonchev–Trinajstić information content (AvgIpc) is 3.17. The lowest BCUT2D eigenvalue weighted by Gasteiger charge is -2.25. The van der Waals surface area contributed by atoms with Gasteiger partial charge in [0.2, 0.25) is 10.0 Å². The molecule has 0 saturated heterocycles. The SMILES string of the molecule is O=S(=O)(NC1CCc2c(cnc3[nH]ncc23)C1)C1CC1.[HH].[HH]. The second-order valence-electron chi connectivity index (χ2n) is 5.70. The number of aryl methyl sites for hydroxylation is 1. The Morgan fingerprint density at radius 2 is 2.15 bits per heavy atom. The van der Waals surface area contributed by atoms with Crippen LogP contribution in [-0.4, -0.2) is 34.9 Å². The lowest BCUT2D eigenvalue weighted by molar-refractivity contribution is 0.507. The standard InChI is InChI=1S/C13H16N4O2S.2H2/c18-20(19,10-2-3-10)17-9-1-4-11-8(5-9)6-14-13-12(11)7-15-16-13;;/h6-7,9-10,17H,1-5H2,(H,14,15,16);2*1H. The van der Waals surface area contributed by atoms with E-state index in [0.717, 1.165) is 48.7 Å². The molecule has 1 saturated carbocycles. The first-order valence-electron chi connectivity index (χ1n) is 6.94. The average molecular weight is 296 g/mol. The van der Waals surface area contributed by atoms with Crippen molar-refractivity contribution >= 4 is 21.1 Å². The number of pyridine rings is 1. The van der Waals surface area contributed by atoms with E-state index in [1.165, 1.54) is 5.56 Å². The molecule has 6 nitrogen and oxygen atoms in total. The minimum atomic E-state index is -3.11. The first-order chi connectivity index (χ1) is 9.63. The Morgan fingerprint density at radius 1 is 1.30 bits per heavy atom. The van der Waals surface area contributed by atoms with Crippen LogP contribution in [-0.2, 0) is 22.9 Å². The molecule has 0 aliphatic heterocycles. The Labute approximate surface area is 120 Å². The van der Waals surface area contributed by atoms with Crippen LogP contribution in [0.4, 0.5) is 0 Å². The third-order valence-corrected chi connectivity index (χ3v) is 6.20. The molecule has 2 aliphatic carbocycles. The van der Waals surface area contributed by atoms with Crippen LogP contribution < -0.4 is 4.72 Å². The summed E-state index contributed by atoms with van der Waals surface area (Å²) in [5.41, 5.74) is 3.19. The zero-order chi connectivity index (χ0) is 13.7. The molecule has 1 unspecified atom stereocenters. The Kier molecular flexibility index (Phi) is 2.62. The molecule has 1 atom stereocenters. The molecule has 20 heavy (non-hydrogen) atoms. The molecule has 2 aromatic rings. The lowest BCUT2D eigenvalue weighted by Crippen LogP contribution is -2.40. The molecule has 0 spiro atoms. The van der Waals surface area contributed by atoms with Crippen LogP contribution in [0.3, 0.4) is 0 Å². The van der Waals surface area contributed by atoms with Gasteiger partial charge in [0.15, 0.2) is 5.65 Å². The summed E-state index contributed by atoms with van der Waals surface area (Å²) in [5, 5.41) is 7.80. The molecule has 2 heterocycles. The van der Waals surface area contributed by atoms with Gasteiger partial charge < -0.3 is 0 Å². The normalized spacial score (nSPS) is 22.9. The zero-order valence-corrected chi connectivity index (χ0v) is 11.8. The predicted molar refractivity (Wildman–Crippen MR) is 79.0 cm³/mol. The number of nitrogens with zero attached hydrogens (tertiary/aromatic N) is 2. The number of aromatic amines is 1. The van der Waals surface area contributed by atoms with Gasteiger partial charge in [0, 0.05) is 20.5 Å². The summed E-state index contributed by atoms with van der Waals surface area (Å²) < 4.78 is 26.9. The van der Waals surface area contributed by atoms with Crippen LogP contribution in [0.2, 0.25) is 0 Å². The topological polar surface area (TPSA) is 87.7 Å². The van der Waals surface area contributed by atoms with Crippen LogP contribution in [0.25, 0.3) is 11.0 Å². The summed E-state index contributed by atoms with van der Waals surface area (Å²) in [6.07, 6.45) is 7.67. The van der Waals surface area contributed by atoms with E-state index in [4.69, 9.17) is 0 Å². The van der Waals surface area contributed by atoms with Crippen molar-refractivity contribution in [1.82, 2.24) is 19.9 Å². The maximum Gasteiger partial charge on any atom is 0.214 e. The summed E-state index contributed by atoms with van der Waals surface area (Å²) in [7, 11) is -3.11. The Balaban J connectivity index is 0.000000882. The van der Waals surface area contributed by atoms with Gasteiger partial charge >= 0.3 is 0 Å². The minimum absolute atomic E-state index is 0. The van der Waals surface area contributed by atoms with E-state index < -0.39 is 10.0 Å². The minimum Gasteiger partial charge on any atom is -0.261 e. The van der Waals surface area contributed by atoms with Gasteiger partial charge in [-0.1, -0.05) is 0 Å². The second kappa shape index (κ2) is 4.26. The molecule has 0 aromatic carbocycles. The Hall–Kier alpha value is -1.47. The van der Waals surface area contributed by atoms with Gasteiger partial charge in [0.05, 0.1) is 11.4 Å². The number of H-pyrrole nitrogens is 1. The Morgan fingerprint density at radius 3 is 2.95 bits per heavy atom. The van der Waals surface area contributed by atoms with Crippen LogP contribution in [0.5, 0.6) is 0 Å². The van der Waals surface area contributed by atoms with Gasteiger partial charge in [0.1, 0.15) is 0 Å². The van der Waals surface area contributed by atoms with Crippen molar-refractivity contribution in [2.45, 2.75) is 43.4 Å². The molecule has 2 aromatic heterocycles. The molecular formula is C13H20N4O2S. The molecule has 110 valence electrons. The van der Waals surface area contributed by atoms with Crippen LogP contribution in [0, 0.1) is 0 Å². The first-order valence-corrected chi connectivity index (χ1v) is 8.49. The van der Waals surface area contributed by atoms with Gasteiger partial charge in [-0.3, -0.25) is 5.10 Å². The van der Waals surface area contributed by atoms with E-state index in [9.17, 15) is 8.42 Å². The van der Waals surface area contributed by atoms with Crippen molar-refractivity contribution < 1.29 is 11.3 Å². The summed E-state index contributed by atoms with van der Waals surface area (Å²) in [6.45, 7) is 0. The molecule has 2 aliphatic rings. The highest BCUT2D eigenvalue weighted by molar-refractivity contribution is 7.90. The fourth-order valence-corrected chi connectivity index (χ4v) is 4.57. The summed E-state index contributed by atoms with van der Waals surface area (Å²) in [4.78, 5) is 4.34. The molecule has 0 bridgehead atoms. The van der Waals surface area contributed by atoms with Crippen molar-refractivity contribution in [1.29, 1.82) is 0 Å². The molecule has 0 radical (unpaired) electrons. The number of hydrogen-bond acceptors (Lipinski definition) is 4. The highest BCUT2D eigenvalue weighted by Crippen LogP contribution is 2.30. The van der Waals surface area contributed by atoms with Gasteiger partial charge in [-0.05, 0) is 43.2 Å². The van der Waals surface area contributed by atoms with Crippen molar-refractivity contribution in [3.05, 3.63) is 23.5 Å². The zero-order valence-electron chi connectivity index (χ0n) is 11.0. The molecule has 7 heteroatoms. The fourth-order valence-electron chi connectivity index (χ4n) is 2.96. The number of nitrogens with one attached hydrogen (secondary N) is 2. The summed E-state index contributed by atoms with van der Waals surface area (Å²) in [5.74, 6) is 0. The summed E-state index contributed by atoms with van der Waals surface area (Å²) in [6, 6.07) is -0.000693. The van der Waals surface area contributed by atoms with Crippen molar-refractivity contribution in [3.63, 3.8) is 0 Å². The molecule has 0 amide bonds. The second-order valence-corrected chi connectivity index (χ2v) is 7.69. The van der Waals surface area contributed by atoms with Crippen molar-refractivity contribution in [2.24, 2.45) is 0 Å². The fraction of sp³-hybridized carbons (Fsp3) is 0.538. The Bertz CT molecular complexity index is 773. The van der Waals surface area contributed by atoms with Gasteiger partial charge in [-0.15, -0.1) is 0 Å². The molecule has 4 rings (SSSR count). The highest BCUT2D eigenvalue weighted by Gasteiger charge is 2.37. The van der Waals surface area contributed by atoms with Crippen LogP contribution in [0.15, 0.2) is 12.4 Å². The quantitative estimate of drug-likeness (QED) is 0.896. The first kappa shape index (κ1) is 12.3. The molecule has 1 fully saturated rings. The number of sulfonamides is 1. The third-order valence-electron chi connectivity index (χ3n) is 4.18. The maximum atomic E-state index is 12.0. The van der Waals surface area contributed by atoms with Gasteiger partial charge in [0.25, 0.3) is 0 Å². The maximum absolute atomic E-state index is 12.0. The van der Waals surface area contributed by atoms with Crippen LogP contribution >= 0.6 is 0 Å². The predicted octanol–water partition coefficient (Wildman–Crippen LogP) is 1.39. The van der Waals surface area contributed by atoms with Gasteiger partial charge in [-0.2, -0.15) is 5.10 Å². The van der Waals surface area contributed by atoms with E-state index in [0.29, 0.717) is 0 Å². The monoisotopic (exact) mass is 296 g/mol. The van der Waals surface area contributed by atoms with E-state index in [1.807, 2.05) is 6.20 Å². The van der Waals surface area contributed by atoms with Crippen LogP contribution in [0.1, 0.15) is 33.2 Å². The lowest BCUT2D eigenvalue weighted by atomic mass is 9.88. The molecule has 2 N–H and O–H groups in total. The number of hydrogen-bond donors (Lipinski definition) is 2. The number of aromatic nitrogens is 3. The van der Waals surface area contributed by atoms with E-state index >= 15 is 0 Å². The van der Waals surface area contributed by atoms with Gasteiger partial charge in [-0.25, -0.2) is 18.1 Å². The number of fused-ring (bicyclic) bond motifs is 3. The highest BCUT2D eigenvalue weighted by atomic mass is 32.2. The van der Waals surface area contributed by atoms with E-state index in [-0.39, 0.29) is 14.1 Å². The summed E-state index contributed by atoms with van der Waals surface area (Å²) >= 11 is 0. The molecular weight excluding hydrogens is 276 g/mol. The van der Waals surface area contributed by atoms with E-state index in [2.05, 4.69) is 19.9 Å². The van der Waals surface area contributed by atoms with Crippen molar-refractivity contribution in [3.8, 4) is 0 Å². The largest absolute Gasteiger partial charge is 0.261 e. The van der Waals surface area contributed by atoms with Crippen molar-refractivity contribution in [2.75, 3.05) is 0 Å². The number of rotatable bonds is 3. The third kappa shape index (κ3) is 2.01. The smallest absolute Gasteiger partial charge is 0.214 e.